The second-order valence-electron chi connectivity index (χ2n) is 12.3. The Morgan fingerprint density at radius 3 is 2.26 bits per heavy atom. The summed E-state index contributed by atoms with van der Waals surface area (Å²) in [4.78, 5) is 69.8. The van der Waals surface area contributed by atoms with Crippen molar-refractivity contribution in [2.75, 3.05) is 9.80 Å². The lowest BCUT2D eigenvalue weighted by Crippen LogP contribution is -2.48. The second-order valence-corrected chi connectivity index (χ2v) is 12.7. The number of nitrogens with zero attached hydrogens (tertiary/aromatic N) is 2. The van der Waals surface area contributed by atoms with E-state index in [1.807, 2.05) is 6.08 Å². The number of phenols is 2. The quantitative estimate of drug-likeness (QED) is 0.264. The smallest absolute Gasteiger partial charge is 0.339 e. The van der Waals surface area contributed by atoms with Crippen LogP contribution in [-0.4, -0.2) is 44.9 Å². The van der Waals surface area contributed by atoms with E-state index < -0.39 is 81.7 Å². The fraction of sp³-hybridized carbons (Fsp3) is 0.265. The van der Waals surface area contributed by atoms with E-state index in [1.54, 1.807) is 25.1 Å². The topological polar surface area (TPSA) is 153 Å². The van der Waals surface area contributed by atoms with Crippen LogP contribution in [0.15, 0.2) is 72.3 Å². The SMILES string of the molecule is CC12C(=O)N(c3ccc(F)c(Cl)c3)C(=O)C1CC1C(=CCC3C(=O)N(c4ccc(C(=O)O)c(O)c4)C(=O)C31)C2c1ccccc1O. The average Bonchev–Trinajstić information content (AvgIpc) is 3.38. The van der Waals surface area contributed by atoms with E-state index in [9.17, 15) is 43.7 Å². The molecule has 7 rings (SSSR count). The molecule has 0 aromatic heterocycles. The highest BCUT2D eigenvalue weighted by atomic mass is 35.5. The Balaban J connectivity index is 1.35. The van der Waals surface area contributed by atoms with Gasteiger partial charge in [0.2, 0.25) is 23.6 Å². The molecule has 234 valence electrons. The van der Waals surface area contributed by atoms with Crippen molar-refractivity contribution in [2.24, 2.45) is 29.1 Å². The number of allylic oxidation sites excluding steroid dienone is 2. The summed E-state index contributed by atoms with van der Waals surface area (Å²) >= 11 is 6.02. The number of aromatic hydroxyl groups is 2. The molecule has 6 unspecified atom stereocenters. The number of para-hydroxylation sites is 1. The predicted octanol–water partition coefficient (Wildman–Crippen LogP) is 5.02. The van der Waals surface area contributed by atoms with Gasteiger partial charge in [-0.2, -0.15) is 0 Å². The molecule has 12 heteroatoms. The summed E-state index contributed by atoms with van der Waals surface area (Å²) in [7, 11) is 0. The Kier molecular flexibility index (Phi) is 6.61. The molecule has 3 N–H and O–H groups in total. The van der Waals surface area contributed by atoms with Crippen LogP contribution in [0.1, 0.15) is 41.6 Å². The first kappa shape index (κ1) is 29.7. The molecule has 46 heavy (non-hydrogen) atoms. The molecule has 4 amide bonds. The lowest BCUT2D eigenvalue weighted by Gasteiger charge is -2.49. The van der Waals surface area contributed by atoms with E-state index in [1.165, 1.54) is 24.3 Å². The lowest BCUT2D eigenvalue weighted by molar-refractivity contribution is -0.131. The maximum atomic E-state index is 14.4. The summed E-state index contributed by atoms with van der Waals surface area (Å²) in [6.07, 6.45) is 2.00. The monoisotopic (exact) mass is 644 g/mol. The number of aromatic carboxylic acids is 1. The van der Waals surface area contributed by atoms with Gasteiger partial charge >= 0.3 is 5.97 Å². The average molecular weight is 645 g/mol. The van der Waals surface area contributed by atoms with Crippen molar-refractivity contribution in [1.82, 2.24) is 0 Å². The first-order valence-corrected chi connectivity index (χ1v) is 15.0. The number of benzene rings is 3. The van der Waals surface area contributed by atoms with Crippen LogP contribution in [0.4, 0.5) is 15.8 Å². The molecule has 0 spiro atoms. The van der Waals surface area contributed by atoms with Gasteiger partial charge in [-0.3, -0.25) is 19.2 Å². The molecule has 2 heterocycles. The van der Waals surface area contributed by atoms with Crippen molar-refractivity contribution < 1.29 is 43.7 Å². The fourth-order valence-corrected chi connectivity index (χ4v) is 8.23. The lowest BCUT2D eigenvalue weighted by atomic mass is 9.51. The molecular weight excluding hydrogens is 619 g/mol. The predicted molar refractivity (Wildman–Crippen MR) is 162 cm³/mol. The minimum atomic E-state index is -1.42. The molecule has 2 saturated heterocycles. The Labute approximate surface area is 266 Å². The van der Waals surface area contributed by atoms with Gasteiger partial charge in [0.1, 0.15) is 22.9 Å². The number of amides is 4. The second kappa shape index (κ2) is 10.2. The molecule has 2 aliphatic heterocycles. The summed E-state index contributed by atoms with van der Waals surface area (Å²) < 4.78 is 14.0. The van der Waals surface area contributed by atoms with Crippen molar-refractivity contribution in [3.8, 4) is 11.5 Å². The third-order valence-electron chi connectivity index (χ3n) is 10.2. The zero-order valence-corrected chi connectivity index (χ0v) is 24.9. The van der Waals surface area contributed by atoms with Gasteiger partial charge < -0.3 is 15.3 Å². The summed E-state index contributed by atoms with van der Waals surface area (Å²) in [6, 6.07) is 13.4. The highest BCUT2D eigenvalue weighted by Crippen LogP contribution is 2.64. The number of halogens is 2. The molecule has 2 aliphatic carbocycles. The molecule has 3 fully saturated rings. The highest BCUT2D eigenvalue weighted by molar-refractivity contribution is 6.32. The van der Waals surface area contributed by atoms with E-state index in [-0.39, 0.29) is 35.0 Å². The normalized spacial score (nSPS) is 28.6. The van der Waals surface area contributed by atoms with Crippen molar-refractivity contribution >= 4 is 52.6 Å². The first-order valence-electron chi connectivity index (χ1n) is 14.6. The van der Waals surface area contributed by atoms with Crippen LogP contribution < -0.4 is 9.80 Å². The van der Waals surface area contributed by atoms with E-state index in [2.05, 4.69) is 0 Å². The van der Waals surface area contributed by atoms with Gasteiger partial charge in [0.25, 0.3) is 0 Å². The van der Waals surface area contributed by atoms with Crippen molar-refractivity contribution in [2.45, 2.75) is 25.7 Å². The number of anilines is 2. The molecule has 0 radical (unpaired) electrons. The molecule has 6 atom stereocenters. The number of carbonyl (C=O) groups is 5. The number of phenolic OH excluding ortho intramolecular Hbond substituents is 1. The summed E-state index contributed by atoms with van der Waals surface area (Å²) in [5, 5.41) is 30.4. The van der Waals surface area contributed by atoms with Crippen LogP contribution in [0.3, 0.4) is 0 Å². The number of carboxylic acid groups (broad SMARTS) is 1. The first-order chi connectivity index (χ1) is 21.9. The van der Waals surface area contributed by atoms with Gasteiger partial charge in [0.15, 0.2) is 0 Å². The van der Waals surface area contributed by atoms with Gasteiger partial charge in [-0.25, -0.2) is 19.0 Å². The summed E-state index contributed by atoms with van der Waals surface area (Å²) in [5.41, 5.74) is -0.683. The van der Waals surface area contributed by atoms with Gasteiger partial charge in [-0.1, -0.05) is 41.4 Å². The standard InChI is InChI=1S/C34H26ClFN2O8/c1-34-22(30(42)38(33(34)46)15-7-11-24(36)23(35)12-15)14-21-17(28(34)18-4-2-3-5-25(18)39)9-10-20-27(21)31(43)37(29(20)41)16-6-8-19(32(44)45)26(40)13-16/h2-9,11-13,20-22,27-28,39-40H,10,14H2,1H3,(H,44,45). The molecule has 10 nitrogen and oxygen atoms in total. The van der Waals surface area contributed by atoms with Crippen LogP contribution in [-0.2, 0) is 19.2 Å². The van der Waals surface area contributed by atoms with E-state index in [0.29, 0.717) is 11.1 Å². The van der Waals surface area contributed by atoms with E-state index in [0.717, 1.165) is 28.0 Å². The molecular formula is C34H26ClFN2O8. The zero-order chi connectivity index (χ0) is 32.8. The maximum absolute atomic E-state index is 14.4. The fourth-order valence-electron chi connectivity index (χ4n) is 8.06. The number of rotatable bonds is 4. The minimum absolute atomic E-state index is 0.0119. The van der Waals surface area contributed by atoms with Gasteiger partial charge in [0, 0.05) is 17.5 Å². The zero-order valence-electron chi connectivity index (χ0n) is 24.2. The Morgan fingerprint density at radius 2 is 1.59 bits per heavy atom. The summed E-state index contributed by atoms with van der Waals surface area (Å²) in [5.74, 6) is -9.30. The number of carbonyl (C=O) groups excluding carboxylic acids is 4. The number of imide groups is 2. The number of fused-ring (bicyclic) bond motifs is 4. The van der Waals surface area contributed by atoms with E-state index in [4.69, 9.17) is 11.6 Å². The molecule has 3 aromatic rings. The van der Waals surface area contributed by atoms with Crippen molar-refractivity contribution in [3.63, 3.8) is 0 Å². The van der Waals surface area contributed by atoms with E-state index >= 15 is 0 Å². The number of hydrogen-bond donors (Lipinski definition) is 3. The molecule has 3 aromatic carbocycles. The van der Waals surface area contributed by atoms with Gasteiger partial charge in [-0.05, 0) is 62.1 Å². The molecule has 4 aliphatic rings. The van der Waals surface area contributed by atoms with Crippen LogP contribution in [0.2, 0.25) is 5.02 Å². The Bertz CT molecular complexity index is 1940. The summed E-state index contributed by atoms with van der Waals surface area (Å²) in [6.45, 7) is 1.66. The minimum Gasteiger partial charge on any atom is -0.508 e. The Morgan fingerprint density at radius 1 is 0.891 bits per heavy atom. The van der Waals surface area contributed by atoms with Crippen LogP contribution in [0.25, 0.3) is 0 Å². The number of hydrogen-bond acceptors (Lipinski definition) is 7. The maximum Gasteiger partial charge on any atom is 0.339 e. The van der Waals surface area contributed by atoms with Crippen molar-refractivity contribution in [3.05, 3.63) is 94.3 Å². The van der Waals surface area contributed by atoms with Gasteiger partial charge in [0.05, 0.1) is 39.6 Å². The molecule has 0 bridgehead atoms. The van der Waals surface area contributed by atoms with Crippen molar-refractivity contribution in [1.29, 1.82) is 0 Å². The van der Waals surface area contributed by atoms with Crippen LogP contribution in [0, 0.1) is 34.9 Å². The van der Waals surface area contributed by atoms with Gasteiger partial charge in [-0.15, -0.1) is 0 Å². The largest absolute Gasteiger partial charge is 0.508 e. The third-order valence-corrected chi connectivity index (χ3v) is 10.4. The van der Waals surface area contributed by atoms with Crippen LogP contribution >= 0.6 is 11.6 Å². The number of carboxylic acids is 1. The molecule has 1 saturated carbocycles. The van der Waals surface area contributed by atoms with Crippen LogP contribution in [0.5, 0.6) is 11.5 Å². The third kappa shape index (κ3) is 3.97. The highest BCUT2D eigenvalue weighted by Gasteiger charge is 2.68. The Hall–Kier alpha value is -5.03.